The zero-order valence-electron chi connectivity index (χ0n) is 14.3. The molecule has 0 aliphatic heterocycles. The fourth-order valence-electron chi connectivity index (χ4n) is 8.38. The van der Waals surface area contributed by atoms with Crippen LogP contribution in [0.1, 0.15) is 78.1 Å². The Kier molecular flexibility index (Phi) is 2.56. The van der Waals surface area contributed by atoms with Crippen LogP contribution in [0.2, 0.25) is 0 Å². The lowest BCUT2D eigenvalue weighted by Crippen LogP contribution is -2.35. The molecule has 0 amide bonds. The van der Waals surface area contributed by atoms with Crippen molar-refractivity contribution in [3.63, 3.8) is 0 Å². The predicted molar refractivity (Wildman–Crippen MR) is 88.4 cm³/mol. The topological polar surface area (TPSA) is 17.1 Å². The quantitative estimate of drug-likeness (QED) is 0.632. The van der Waals surface area contributed by atoms with E-state index in [1.807, 2.05) is 5.57 Å². The zero-order chi connectivity index (χ0) is 15.2. The molecule has 4 fully saturated rings. The van der Waals surface area contributed by atoms with E-state index in [4.69, 9.17) is 0 Å². The highest BCUT2D eigenvalue weighted by Crippen LogP contribution is 2.90. The van der Waals surface area contributed by atoms with Gasteiger partial charge in [-0.1, -0.05) is 25.0 Å². The van der Waals surface area contributed by atoms with E-state index in [-0.39, 0.29) is 0 Å². The van der Waals surface area contributed by atoms with E-state index in [1.54, 1.807) is 6.92 Å². The minimum absolute atomic E-state index is 0.394. The van der Waals surface area contributed by atoms with Gasteiger partial charge >= 0.3 is 0 Å². The first kappa shape index (κ1) is 13.8. The second-order valence-electron chi connectivity index (χ2n) is 9.65. The van der Waals surface area contributed by atoms with Gasteiger partial charge in [0.05, 0.1) is 0 Å². The minimum atomic E-state index is 0.394. The molecule has 2 spiro atoms. The summed E-state index contributed by atoms with van der Waals surface area (Å²) in [6.07, 6.45) is 16.3. The lowest BCUT2D eigenvalue weighted by Gasteiger charge is -2.42. The summed E-state index contributed by atoms with van der Waals surface area (Å²) in [4.78, 5) is 11.5. The Bertz CT molecular complexity index is 574. The summed E-state index contributed by atoms with van der Waals surface area (Å²) in [5.41, 5.74) is 3.78. The second kappa shape index (κ2) is 4.08. The molecule has 22 heavy (non-hydrogen) atoms. The molecule has 5 rings (SSSR count). The van der Waals surface area contributed by atoms with Crippen LogP contribution >= 0.6 is 0 Å². The van der Waals surface area contributed by atoms with Gasteiger partial charge in [-0.2, -0.15) is 0 Å². The number of fused-ring (bicyclic) bond motifs is 1. The Balaban J connectivity index is 1.46. The van der Waals surface area contributed by atoms with E-state index < -0.39 is 0 Å². The molecule has 5 aliphatic carbocycles. The van der Waals surface area contributed by atoms with Crippen molar-refractivity contribution in [2.45, 2.75) is 78.1 Å². The van der Waals surface area contributed by atoms with Crippen LogP contribution in [0.15, 0.2) is 11.6 Å². The van der Waals surface area contributed by atoms with Crippen LogP contribution in [-0.2, 0) is 4.79 Å². The lowest BCUT2D eigenvalue weighted by molar-refractivity contribution is -0.118. The Morgan fingerprint density at radius 2 is 2.05 bits per heavy atom. The molecule has 120 valence electrons. The Hall–Kier alpha value is -0.590. The molecule has 1 nitrogen and oxygen atoms in total. The van der Waals surface area contributed by atoms with Crippen LogP contribution in [0.4, 0.5) is 0 Å². The van der Waals surface area contributed by atoms with E-state index in [9.17, 15) is 4.79 Å². The summed E-state index contributed by atoms with van der Waals surface area (Å²) in [5.74, 6) is 3.08. The SMILES string of the molecule is CC(=O)CC1CCC23C(=CCC24C2CCCC2(C)CCC34)C1. The maximum absolute atomic E-state index is 11.5. The molecule has 1 heteroatoms. The monoisotopic (exact) mass is 298 g/mol. The third-order valence-electron chi connectivity index (χ3n) is 8.96. The predicted octanol–water partition coefficient (Wildman–Crippen LogP) is 5.30. The average molecular weight is 298 g/mol. The van der Waals surface area contributed by atoms with Crippen molar-refractivity contribution in [1.29, 1.82) is 0 Å². The van der Waals surface area contributed by atoms with Crippen LogP contribution in [0.5, 0.6) is 0 Å². The smallest absolute Gasteiger partial charge is 0.130 e. The molecule has 0 heterocycles. The van der Waals surface area contributed by atoms with Gasteiger partial charge in [0.15, 0.2) is 0 Å². The lowest BCUT2D eigenvalue weighted by atomic mass is 9.62. The summed E-state index contributed by atoms with van der Waals surface area (Å²) in [6.45, 7) is 4.39. The van der Waals surface area contributed by atoms with Crippen molar-refractivity contribution in [2.75, 3.05) is 0 Å². The summed E-state index contributed by atoms with van der Waals surface area (Å²) >= 11 is 0. The molecule has 6 unspecified atom stereocenters. The molecular weight excluding hydrogens is 268 g/mol. The van der Waals surface area contributed by atoms with Crippen molar-refractivity contribution < 1.29 is 4.79 Å². The van der Waals surface area contributed by atoms with Crippen molar-refractivity contribution in [3.05, 3.63) is 11.6 Å². The number of ketones is 1. The third kappa shape index (κ3) is 1.37. The second-order valence-corrected chi connectivity index (χ2v) is 9.65. The summed E-state index contributed by atoms with van der Waals surface area (Å²) in [5, 5.41) is 0. The molecule has 0 bridgehead atoms. The number of rotatable bonds is 2. The minimum Gasteiger partial charge on any atom is -0.300 e. The van der Waals surface area contributed by atoms with Gasteiger partial charge in [-0.25, -0.2) is 0 Å². The first-order valence-electron chi connectivity index (χ1n) is 9.72. The summed E-state index contributed by atoms with van der Waals surface area (Å²) in [6, 6.07) is 0. The normalized spacial score (nSPS) is 54.8. The van der Waals surface area contributed by atoms with Gasteiger partial charge in [-0.15, -0.1) is 0 Å². The molecular formula is C21H30O. The van der Waals surface area contributed by atoms with E-state index in [1.165, 1.54) is 57.8 Å². The largest absolute Gasteiger partial charge is 0.300 e. The van der Waals surface area contributed by atoms with Gasteiger partial charge in [0.2, 0.25) is 0 Å². The number of allylic oxidation sites excluding steroid dienone is 2. The Labute approximate surface area is 134 Å². The number of hydrogen-bond donors (Lipinski definition) is 0. The molecule has 0 saturated heterocycles. The molecule has 0 radical (unpaired) electrons. The average Bonchev–Trinajstić information content (AvgIpc) is 2.74. The van der Waals surface area contributed by atoms with Crippen LogP contribution in [0, 0.1) is 34.0 Å². The van der Waals surface area contributed by atoms with Crippen molar-refractivity contribution in [3.8, 4) is 0 Å². The maximum Gasteiger partial charge on any atom is 0.130 e. The first-order valence-corrected chi connectivity index (χ1v) is 9.72. The zero-order valence-corrected chi connectivity index (χ0v) is 14.3. The Morgan fingerprint density at radius 3 is 2.86 bits per heavy atom. The van der Waals surface area contributed by atoms with Crippen LogP contribution in [-0.4, -0.2) is 5.78 Å². The highest BCUT2D eigenvalue weighted by Gasteiger charge is 2.83. The number of carbonyl (C=O) groups excluding carboxylic acids is 1. The number of Topliss-reactive ketones (excluding diaryl/α,β-unsaturated/α-hetero) is 1. The molecule has 0 aromatic carbocycles. The fraction of sp³-hybridized carbons (Fsp3) is 0.857. The van der Waals surface area contributed by atoms with Gasteiger partial charge in [0, 0.05) is 11.8 Å². The van der Waals surface area contributed by atoms with Gasteiger partial charge < -0.3 is 4.79 Å². The van der Waals surface area contributed by atoms with Crippen LogP contribution in [0.3, 0.4) is 0 Å². The third-order valence-corrected chi connectivity index (χ3v) is 8.96. The van der Waals surface area contributed by atoms with Crippen molar-refractivity contribution in [2.24, 2.45) is 34.0 Å². The van der Waals surface area contributed by atoms with Crippen molar-refractivity contribution >= 4 is 5.78 Å². The van der Waals surface area contributed by atoms with Gasteiger partial charge in [-0.05, 0) is 86.9 Å². The molecule has 0 aromatic rings. The van der Waals surface area contributed by atoms with Crippen LogP contribution < -0.4 is 0 Å². The summed E-state index contributed by atoms with van der Waals surface area (Å²) < 4.78 is 0. The Morgan fingerprint density at radius 1 is 1.18 bits per heavy atom. The molecule has 0 aromatic heterocycles. The highest BCUT2D eigenvalue weighted by atomic mass is 16.1. The number of hydrogen-bond acceptors (Lipinski definition) is 1. The van der Waals surface area contributed by atoms with Gasteiger partial charge in [-0.3, -0.25) is 0 Å². The van der Waals surface area contributed by atoms with E-state index >= 15 is 0 Å². The highest BCUT2D eigenvalue weighted by molar-refractivity contribution is 5.75. The molecule has 5 aliphatic rings. The molecule has 0 N–H and O–H groups in total. The fourth-order valence-corrected chi connectivity index (χ4v) is 8.38. The summed E-state index contributed by atoms with van der Waals surface area (Å²) in [7, 11) is 0. The van der Waals surface area contributed by atoms with E-state index in [0.29, 0.717) is 27.9 Å². The van der Waals surface area contributed by atoms with Gasteiger partial charge in [0.25, 0.3) is 0 Å². The molecule has 4 saturated carbocycles. The van der Waals surface area contributed by atoms with Gasteiger partial charge in [0.1, 0.15) is 5.78 Å². The van der Waals surface area contributed by atoms with Crippen molar-refractivity contribution in [1.82, 2.24) is 0 Å². The maximum atomic E-state index is 11.5. The van der Waals surface area contributed by atoms with Crippen LogP contribution in [0.25, 0.3) is 0 Å². The van der Waals surface area contributed by atoms with E-state index in [0.717, 1.165) is 18.3 Å². The first-order chi connectivity index (χ1) is 10.5. The number of carbonyl (C=O) groups is 1. The van der Waals surface area contributed by atoms with E-state index in [2.05, 4.69) is 13.0 Å². The molecule has 6 atom stereocenters. The standard InChI is InChI=1S/C21H30O/c1-14(22)12-15-5-10-20-16(13-15)6-11-21(20)17-4-3-8-19(17,2)9-7-18(20)21/h6,15,17-18H,3-5,7-13H2,1-2H3.